The molecule has 1 N–H and O–H groups in total. The van der Waals surface area contributed by atoms with E-state index in [1.807, 2.05) is 88.4 Å². The molecule has 0 amide bonds. The number of carbonyl (C=O) groups is 1. The molecule has 1 unspecified atom stereocenters. The van der Waals surface area contributed by atoms with Crippen LogP contribution in [0.5, 0.6) is 0 Å². The molecule has 0 aromatic heterocycles. The molecule has 0 saturated carbocycles. The molecule has 16 heteroatoms. The summed E-state index contributed by atoms with van der Waals surface area (Å²) in [7, 11) is 2.80. The lowest BCUT2D eigenvalue weighted by Gasteiger charge is -2.48. The Bertz CT molecular complexity index is 1490. The molecule has 0 radical (unpaired) electrons. The van der Waals surface area contributed by atoms with Crippen LogP contribution in [0, 0.1) is 11.8 Å². The van der Waals surface area contributed by atoms with Gasteiger partial charge in [-0.1, -0.05) is 88.4 Å². The van der Waals surface area contributed by atoms with Crippen molar-refractivity contribution in [1.29, 1.82) is 0 Å². The summed E-state index contributed by atoms with van der Waals surface area (Å²) >= 11 is 0. The third-order valence-electron chi connectivity index (χ3n) is 10.3. The van der Waals surface area contributed by atoms with Crippen LogP contribution in [0.2, 0.25) is 0 Å². The Morgan fingerprint density at radius 1 is 0.667 bits per heavy atom. The first-order valence-corrected chi connectivity index (χ1v) is 20.6. The summed E-state index contributed by atoms with van der Waals surface area (Å²) in [6.07, 6.45) is -11.1. The molecule has 11 atom stereocenters. The third kappa shape index (κ3) is 14.1. The highest BCUT2D eigenvalue weighted by molar-refractivity contribution is 5.78. The molecule has 2 aromatic carbocycles. The van der Waals surface area contributed by atoms with Crippen LogP contribution in [0.4, 0.5) is 17.6 Å². The van der Waals surface area contributed by atoms with E-state index in [1.54, 1.807) is 13.8 Å². The maximum Gasteiger partial charge on any atom is 0.380 e. The van der Waals surface area contributed by atoms with Crippen LogP contribution in [0.3, 0.4) is 0 Å². The first kappa shape index (κ1) is 51.6. The maximum absolute atomic E-state index is 15.2. The molecule has 2 aromatic rings. The molecule has 2 aliphatic rings. The van der Waals surface area contributed by atoms with Crippen molar-refractivity contribution in [3.05, 3.63) is 71.8 Å². The van der Waals surface area contributed by atoms with Crippen LogP contribution in [-0.2, 0) is 65.4 Å². The van der Waals surface area contributed by atoms with E-state index in [9.17, 15) is 9.90 Å². The molecular formula is C44H66F4O12. The zero-order valence-electron chi connectivity index (χ0n) is 36.5. The van der Waals surface area contributed by atoms with E-state index in [4.69, 9.17) is 47.4 Å². The Kier molecular flexibility index (Phi) is 21.3. The van der Waals surface area contributed by atoms with Gasteiger partial charge in [0, 0.05) is 26.1 Å². The van der Waals surface area contributed by atoms with Gasteiger partial charge in [-0.25, -0.2) is 4.79 Å². The predicted molar refractivity (Wildman–Crippen MR) is 213 cm³/mol. The Morgan fingerprint density at radius 3 is 1.47 bits per heavy atom. The van der Waals surface area contributed by atoms with Gasteiger partial charge in [-0.2, -0.15) is 17.6 Å². The smallest absolute Gasteiger partial charge is 0.380 e. The van der Waals surface area contributed by atoms with Crippen molar-refractivity contribution in [1.82, 2.24) is 0 Å². The number of rotatable bonds is 21. The highest BCUT2D eigenvalue weighted by atomic mass is 19.3. The van der Waals surface area contributed by atoms with E-state index < -0.39 is 85.1 Å². The molecule has 2 fully saturated rings. The summed E-state index contributed by atoms with van der Waals surface area (Å²) in [5, 5.41) is 10.1. The molecule has 4 rings (SSSR count). The van der Waals surface area contributed by atoms with Crippen molar-refractivity contribution in [3.63, 3.8) is 0 Å². The van der Waals surface area contributed by atoms with Crippen molar-refractivity contribution in [2.24, 2.45) is 11.8 Å². The average molecular weight is 863 g/mol. The number of carbonyl (C=O) groups excluding carboxylic acids is 1. The average Bonchev–Trinajstić information content (AvgIpc) is 3.21. The van der Waals surface area contributed by atoms with E-state index in [-0.39, 0.29) is 38.6 Å². The fraction of sp³-hybridized carbons (Fsp3) is 0.705. The van der Waals surface area contributed by atoms with Crippen LogP contribution < -0.4 is 0 Å². The number of hydrogen-bond acceptors (Lipinski definition) is 12. The number of benzene rings is 2. The number of alkyl halides is 4. The molecule has 0 spiro atoms. The lowest BCUT2D eigenvalue weighted by atomic mass is 9.84. The monoisotopic (exact) mass is 862 g/mol. The molecule has 12 nitrogen and oxygen atoms in total. The number of aliphatic hydroxyl groups excluding tert-OH is 1. The van der Waals surface area contributed by atoms with Crippen molar-refractivity contribution >= 4 is 5.97 Å². The molecular weight excluding hydrogens is 796 g/mol. The summed E-state index contributed by atoms with van der Waals surface area (Å²) in [5.41, 5.74) is 1.82. The molecule has 0 bridgehead atoms. The quantitative estimate of drug-likeness (QED) is 0.0750. The van der Waals surface area contributed by atoms with Gasteiger partial charge in [0.05, 0.1) is 49.8 Å². The van der Waals surface area contributed by atoms with Gasteiger partial charge in [-0.15, -0.1) is 0 Å². The minimum Gasteiger partial charge on any atom is -0.458 e. The highest BCUT2D eigenvalue weighted by Gasteiger charge is 2.61. The van der Waals surface area contributed by atoms with Crippen molar-refractivity contribution in [3.8, 4) is 0 Å². The van der Waals surface area contributed by atoms with E-state index >= 15 is 17.6 Å². The van der Waals surface area contributed by atoms with E-state index in [1.165, 1.54) is 28.1 Å². The maximum atomic E-state index is 15.2. The van der Waals surface area contributed by atoms with Gasteiger partial charge in [0.1, 0.15) is 25.8 Å². The number of aliphatic hydroxyl groups is 1. The SMILES string of the molecule is CC[C@H]1O[C@H](C(F)(F)C(=O)OC(C)C)[C@H](OCOC)[C@@H](OCc2ccccc2)[C@H]1C.CC[C@H]1O[C@H](C(F)(F)C(O)OC(C)C)[C@H](OCOC)[C@@H](OCc2ccccc2)[C@H]1C. The van der Waals surface area contributed by atoms with Crippen LogP contribution >= 0.6 is 0 Å². The molecule has 2 heterocycles. The summed E-state index contributed by atoms with van der Waals surface area (Å²) in [5.74, 6) is -9.72. The second kappa shape index (κ2) is 24.8. The zero-order chi connectivity index (χ0) is 44.6. The van der Waals surface area contributed by atoms with E-state index in [0.29, 0.717) is 12.8 Å². The Balaban J connectivity index is 0.000000320. The summed E-state index contributed by atoms with van der Waals surface area (Å²) < 4.78 is 115. The first-order chi connectivity index (χ1) is 28.4. The van der Waals surface area contributed by atoms with Crippen molar-refractivity contribution in [2.75, 3.05) is 27.8 Å². The van der Waals surface area contributed by atoms with Crippen LogP contribution in [0.25, 0.3) is 0 Å². The van der Waals surface area contributed by atoms with Gasteiger partial charge in [-0.05, 0) is 51.7 Å². The van der Waals surface area contributed by atoms with Crippen molar-refractivity contribution < 1.29 is 74.8 Å². The Morgan fingerprint density at radius 2 is 1.08 bits per heavy atom. The Labute approximate surface area is 352 Å². The van der Waals surface area contributed by atoms with Crippen molar-refractivity contribution in [2.45, 2.75) is 161 Å². The molecule has 60 heavy (non-hydrogen) atoms. The minimum atomic E-state index is -3.91. The molecule has 0 aliphatic carbocycles. The third-order valence-corrected chi connectivity index (χ3v) is 10.3. The highest BCUT2D eigenvalue weighted by Crippen LogP contribution is 2.42. The second-order valence-corrected chi connectivity index (χ2v) is 15.6. The number of ether oxygens (including phenoxy) is 10. The summed E-state index contributed by atoms with van der Waals surface area (Å²) in [6, 6.07) is 18.9. The van der Waals surface area contributed by atoms with Gasteiger partial charge in [0.15, 0.2) is 12.2 Å². The number of hydrogen-bond donors (Lipinski definition) is 1. The van der Waals surface area contributed by atoms with Gasteiger partial charge in [-0.3, -0.25) is 0 Å². The Hall–Kier alpha value is -2.77. The second-order valence-electron chi connectivity index (χ2n) is 15.6. The fourth-order valence-electron chi connectivity index (χ4n) is 7.27. The number of esters is 1. The normalized spacial score (nSPS) is 27.9. The van der Waals surface area contributed by atoms with Gasteiger partial charge in [0.2, 0.25) is 6.29 Å². The molecule has 2 aliphatic heterocycles. The van der Waals surface area contributed by atoms with Crippen LogP contribution in [-0.4, -0.2) is 118 Å². The lowest BCUT2D eigenvalue weighted by molar-refractivity contribution is -0.340. The predicted octanol–water partition coefficient (Wildman–Crippen LogP) is 7.71. The lowest BCUT2D eigenvalue weighted by Crippen LogP contribution is -2.64. The van der Waals surface area contributed by atoms with Crippen LogP contribution in [0.1, 0.15) is 79.4 Å². The zero-order valence-corrected chi connectivity index (χ0v) is 36.5. The van der Waals surface area contributed by atoms with E-state index in [0.717, 1.165) is 11.1 Å². The minimum absolute atomic E-state index is 0.212. The molecule has 342 valence electrons. The standard InChI is InChI=1S/C22H34F2O6.C22H32F2O6/c2*1-6-17-15(4)18(27-12-16-10-8-7-9-11-16)19(28-13-26-5)20(30-17)22(23,24)21(25)29-14(2)3/h7-11,14-15,17-21,25H,6,12-13H2,1-5H3;7-11,14-15,17-20H,6,12-13H2,1-5H3/t15-,17+,18-,19+,20-,21?;15-,17+,18-,19+,20-/m00/s1. The number of methoxy groups -OCH3 is 2. The summed E-state index contributed by atoms with van der Waals surface area (Å²) in [6.45, 7) is 13.6. The fourth-order valence-corrected chi connectivity index (χ4v) is 7.27. The number of halogens is 4. The largest absolute Gasteiger partial charge is 0.458 e. The first-order valence-electron chi connectivity index (χ1n) is 20.6. The van der Waals surface area contributed by atoms with Gasteiger partial charge < -0.3 is 52.5 Å². The van der Waals surface area contributed by atoms with E-state index in [2.05, 4.69) is 0 Å². The topological polar surface area (TPSA) is 130 Å². The van der Waals surface area contributed by atoms with Gasteiger partial charge in [0.25, 0.3) is 0 Å². The summed E-state index contributed by atoms with van der Waals surface area (Å²) in [4.78, 5) is 12.2. The molecule has 2 saturated heterocycles. The van der Waals surface area contributed by atoms with Gasteiger partial charge >= 0.3 is 17.8 Å². The van der Waals surface area contributed by atoms with Crippen LogP contribution in [0.15, 0.2) is 60.7 Å².